The lowest BCUT2D eigenvalue weighted by Gasteiger charge is -2.11. The van der Waals surface area contributed by atoms with E-state index in [0.717, 1.165) is 47.9 Å². The second-order valence-corrected chi connectivity index (χ2v) is 4.84. The number of benzene rings is 1. The molecule has 0 aromatic heterocycles. The maximum atomic E-state index is 12.6. The van der Waals surface area contributed by atoms with Crippen molar-refractivity contribution >= 4 is 12.5 Å². The molecule has 0 saturated carbocycles. The predicted molar refractivity (Wildman–Crippen MR) is 81.6 cm³/mol. The first-order chi connectivity index (χ1) is 9.60. The van der Waals surface area contributed by atoms with Gasteiger partial charge < -0.3 is 4.79 Å². The van der Waals surface area contributed by atoms with E-state index in [9.17, 15) is 9.18 Å². The van der Waals surface area contributed by atoms with E-state index >= 15 is 0 Å². The van der Waals surface area contributed by atoms with Gasteiger partial charge in [-0.15, -0.1) is 0 Å². The molecule has 0 amide bonds. The molecule has 2 rings (SSSR count). The first-order valence-electron chi connectivity index (χ1n) is 7.06. The zero-order valence-electron chi connectivity index (χ0n) is 12.4. The second-order valence-electron chi connectivity index (χ2n) is 4.84. The first-order valence-corrected chi connectivity index (χ1v) is 7.06. The maximum absolute atomic E-state index is 12.6. The van der Waals surface area contributed by atoms with Crippen molar-refractivity contribution in [1.29, 1.82) is 0 Å². The number of carbonyl (C=O) groups excluding carboxylic acids is 1. The van der Waals surface area contributed by atoms with E-state index < -0.39 is 0 Å². The molecule has 0 unspecified atom stereocenters. The van der Waals surface area contributed by atoms with Crippen LogP contribution < -0.4 is 0 Å². The van der Waals surface area contributed by atoms with Gasteiger partial charge in [0.25, 0.3) is 0 Å². The Morgan fingerprint density at radius 2 is 2.00 bits per heavy atom. The van der Waals surface area contributed by atoms with Gasteiger partial charge in [0.05, 0.1) is 0 Å². The van der Waals surface area contributed by atoms with Gasteiger partial charge >= 0.3 is 0 Å². The molecule has 20 heavy (non-hydrogen) atoms. The topological polar surface area (TPSA) is 29.4 Å². The molecular weight excluding hydrogens is 253 g/mol. The van der Waals surface area contributed by atoms with Crippen LogP contribution in [0.5, 0.6) is 0 Å². The van der Waals surface area contributed by atoms with Gasteiger partial charge in [-0.3, -0.25) is 4.99 Å². The summed E-state index contributed by atoms with van der Waals surface area (Å²) in [6.07, 6.45) is 6.27. The highest BCUT2D eigenvalue weighted by molar-refractivity contribution is 5.90. The van der Waals surface area contributed by atoms with Crippen LogP contribution in [0.3, 0.4) is 0 Å². The third-order valence-corrected chi connectivity index (χ3v) is 3.05. The zero-order chi connectivity index (χ0) is 15.0. The van der Waals surface area contributed by atoms with Gasteiger partial charge in [-0.25, -0.2) is 4.39 Å². The lowest BCUT2D eigenvalue weighted by Crippen LogP contribution is -2.02. The van der Waals surface area contributed by atoms with Crippen LogP contribution >= 0.6 is 0 Å². The molecule has 0 fully saturated rings. The minimum Gasteiger partial charge on any atom is -0.303 e. The summed E-state index contributed by atoms with van der Waals surface area (Å²) in [4.78, 5) is 14.1. The Balaban J connectivity index is 0.000000200. The number of allylic oxidation sites excluding steroid dienone is 2. The number of nitrogens with zero attached hydrogens (tertiary/aromatic N) is 1. The van der Waals surface area contributed by atoms with Crippen LogP contribution in [-0.4, -0.2) is 12.5 Å². The molecule has 1 aromatic carbocycles. The van der Waals surface area contributed by atoms with Crippen molar-refractivity contribution in [3.63, 3.8) is 0 Å². The largest absolute Gasteiger partial charge is 0.303 e. The van der Waals surface area contributed by atoms with E-state index in [0.29, 0.717) is 6.42 Å². The predicted octanol–water partition coefficient (Wildman–Crippen LogP) is 4.41. The van der Waals surface area contributed by atoms with Crippen LogP contribution in [0.4, 0.5) is 4.39 Å². The monoisotopic (exact) mass is 275 g/mol. The highest BCUT2D eigenvalue weighted by atomic mass is 19.1. The third-order valence-electron chi connectivity index (χ3n) is 3.05. The molecule has 1 aliphatic heterocycles. The number of halogens is 1. The fraction of sp³-hybridized carbons (Fsp3) is 0.412. The second kappa shape index (κ2) is 8.41. The summed E-state index contributed by atoms with van der Waals surface area (Å²) in [7, 11) is 0. The number of aryl methyl sites for hydroxylation is 2. The molecule has 2 nitrogen and oxygen atoms in total. The Hall–Kier alpha value is -1.77. The van der Waals surface area contributed by atoms with Gasteiger partial charge in [0, 0.05) is 18.3 Å². The Labute approximate surface area is 120 Å². The summed E-state index contributed by atoms with van der Waals surface area (Å²) in [5, 5.41) is 0. The van der Waals surface area contributed by atoms with Crippen molar-refractivity contribution in [3.8, 4) is 0 Å². The number of hydrogen-bond donors (Lipinski definition) is 0. The van der Waals surface area contributed by atoms with E-state index in [1.807, 2.05) is 19.9 Å². The number of aliphatic imine (C=N–C) groups is 1. The van der Waals surface area contributed by atoms with E-state index in [4.69, 9.17) is 0 Å². The van der Waals surface area contributed by atoms with Crippen molar-refractivity contribution in [2.45, 2.75) is 46.5 Å². The minimum absolute atomic E-state index is 0.128. The summed E-state index contributed by atoms with van der Waals surface area (Å²) in [5.74, 6) is -0.128. The van der Waals surface area contributed by atoms with Gasteiger partial charge in [0.1, 0.15) is 12.1 Å². The molecular formula is C17H22FNO. The van der Waals surface area contributed by atoms with Crippen LogP contribution in [0, 0.1) is 12.7 Å². The standard InChI is InChI=1S/C9H11F.C8H11NO/c1-3-8-4-7(2)5-9(10)6-8;1-2-3-8-7(4-5-10)6-9-8/h4-6H,3H2,1-2H3;5-6H,2-4H2,1H3. The van der Waals surface area contributed by atoms with Crippen LogP contribution in [-0.2, 0) is 11.2 Å². The highest BCUT2D eigenvalue weighted by Crippen LogP contribution is 2.20. The average Bonchev–Trinajstić information content (AvgIpc) is 2.40. The summed E-state index contributed by atoms with van der Waals surface area (Å²) >= 11 is 0. The van der Waals surface area contributed by atoms with E-state index in [1.165, 1.54) is 0 Å². The minimum atomic E-state index is -0.128. The van der Waals surface area contributed by atoms with Gasteiger partial charge in [0.15, 0.2) is 0 Å². The Morgan fingerprint density at radius 1 is 1.25 bits per heavy atom. The molecule has 0 bridgehead atoms. The normalized spacial score (nSPS) is 12.6. The first kappa shape index (κ1) is 16.3. The summed E-state index contributed by atoms with van der Waals surface area (Å²) in [6.45, 7) is 6.04. The molecule has 1 heterocycles. The number of carbonyl (C=O) groups is 1. The molecule has 0 atom stereocenters. The maximum Gasteiger partial charge on any atom is 0.124 e. The van der Waals surface area contributed by atoms with E-state index in [1.54, 1.807) is 18.3 Å². The number of aldehydes is 1. The zero-order valence-corrected chi connectivity index (χ0v) is 12.4. The molecule has 0 saturated heterocycles. The Morgan fingerprint density at radius 3 is 2.45 bits per heavy atom. The SMILES string of the molecule is CCCC1=C(CC=O)C=N1.CCc1cc(C)cc(F)c1. The Kier molecular flexibility index (Phi) is 6.85. The lowest BCUT2D eigenvalue weighted by molar-refractivity contribution is -0.107. The number of rotatable bonds is 5. The average molecular weight is 275 g/mol. The van der Waals surface area contributed by atoms with Crippen LogP contribution in [0.2, 0.25) is 0 Å². The molecule has 108 valence electrons. The highest BCUT2D eigenvalue weighted by Gasteiger charge is 2.09. The smallest absolute Gasteiger partial charge is 0.124 e. The molecule has 0 N–H and O–H groups in total. The van der Waals surface area contributed by atoms with Crippen LogP contribution in [0.1, 0.15) is 44.2 Å². The summed E-state index contributed by atoms with van der Waals surface area (Å²) in [5.41, 5.74) is 4.31. The fourth-order valence-electron chi connectivity index (χ4n) is 1.99. The van der Waals surface area contributed by atoms with E-state index in [2.05, 4.69) is 11.9 Å². The molecule has 3 heteroatoms. The van der Waals surface area contributed by atoms with Gasteiger partial charge in [-0.2, -0.15) is 0 Å². The molecule has 0 aliphatic carbocycles. The fourth-order valence-corrected chi connectivity index (χ4v) is 1.99. The van der Waals surface area contributed by atoms with Crippen molar-refractivity contribution < 1.29 is 9.18 Å². The Bertz CT molecular complexity index is 497. The van der Waals surface area contributed by atoms with Crippen molar-refractivity contribution in [1.82, 2.24) is 0 Å². The molecule has 1 aliphatic rings. The molecule has 0 radical (unpaired) electrons. The van der Waals surface area contributed by atoms with E-state index in [-0.39, 0.29) is 5.82 Å². The summed E-state index contributed by atoms with van der Waals surface area (Å²) < 4.78 is 12.6. The van der Waals surface area contributed by atoms with Crippen molar-refractivity contribution in [2.24, 2.45) is 4.99 Å². The third kappa shape index (κ3) is 5.08. The van der Waals surface area contributed by atoms with Crippen LogP contribution in [0.15, 0.2) is 34.5 Å². The van der Waals surface area contributed by atoms with Crippen molar-refractivity contribution in [2.75, 3.05) is 0 Å². The molecule has 1 aromatic rings. The quantitative estimate of drug-likeness (QED) is 0.732. The van der Waals surface area contributed by atoms with Gasteiger partial charge in [-0.1, -0.05) is 26.3 Å². The summed E-state index contributed by atoms with van der Waals surface area (Å²) in [6, 6.07) is 5.12. The number of hydrogen-bond acceptors (Lipinski definition) is 2. The molecule has 0 spiro atoms. The van der Waals surface area contributed by atoms with Gasteiger partial charge in [-0.05, 0) is 48.6 Å². The van der Waals surface area contributed by atoms with Crippen LogP contribution in [0.25, 0.3) is 0 Å². The van der Waals surface area contributed by atoms with Gasteiger partial charge in [0.2, 0.25) is 0 Å². The lowest BCUT2D eigenvalue weighted by atomic mass is 10.1. The van der Waals surface area contributed by atoms with Crippen molar-refractivity contribution in [3.05, 3.63) is 46.4 Å².